The average Bonchev–Trinajstić information content (AvgIpc) is 2.29. The van der Waals surface area contributed by atoms with E-state index in [4.69, 9.17) is 28.9 Å². The Morgan fingerprint density at radius 3 is 2.62 bits per heavy atom. The number of nitrogens with one attached hydrogen (secondary N) is 1. The van der Waals surface area contributed by atoms with E-state index < -0.39 is 0 Å². The molecule has 0 aromatic heterocycles. The lowest BCUT2D eigenvalue weighted by Crippen LogP contribution is -2.39. The van der Waals surface area contributed by atoms with E-state index >= 15 is 0 Å². The molecule has 0 heterocycles. The monoisotopic (exact) mass is 260 g/mol. The van der Waals surface area contributed by atoms with Crippen LogP contribution in [0.15, 0.2) is 18.2 Å². The lowest BCUT2D eigenvalue weighted by atomic mass is 10.1. The first-order valence-electron chi connectivity index (χ1n) is 5.04. The summed E-state index contributed by atoms with van der Waals surface area (Å²) in [6, 6.07) is 4.76. The van der Waals surface area contributed by atoms with Crippen molar-refractivity contribution in [3.8, 4) is 0 Å². The second-order valence-electron chi connectivity index (χ2n) is 3.44. The first-order chi connectivity index (χ1) is 7.58. The summed E-state index contributed by atoms with van der Waals surface area (Å²) < 4.78 is 0. The van der Waals surface area contributed by atoms with Crippen LogP contribution in [0.3, 0.4) is 0 Å². The van der Waals surface area contributed by atoms with Crippen molar-refractivity contribution in [2.45, 2.75) is 19.4 Å². The number of carbonyl (C=O) groups is 1. The van der Waals surface area contributed by atoms with E-state index in [2.05, 4.69) is 5.32 Å². The Kier molecular flexibility index (Phi) is 5.06. The van der Waals surface area contributed by atoms with E-state index in [0.717, 1.165) is 6.42 Å². The normalized spacial score (nSPS) is 12.2. The van der Waals surface area contributed by atoms with Crippen LogP contribution in [0.2, 0.25) is 10.0 Å². The van der Waals surface area contributed by atoms with Crippen molar-refractivity contribution in [2.75, 3.05) is 6.54 Å². The topological polar surface area (TPSA) is 55.1 Å². The molecule has 0 aliphatic rings. The molecule has 1 aromatic carbocycles. The summed E-state index contributed by atoms with van der Waals surface area (Å²) in [5, 5.41) is 3.62. The molecule has 0 spiro atoms. The van der Waals surface area contributed by atoms with Crippen molar-refractivity contribution in [2.24, 2.45) is 5.73 Å². The van der Waals surface area contributed by atoms with Crippen molar-refractivity contribution >= 4 is 29.1 Å². The third-order valence-corrected chi connectivity index (χ3v) is 3.03. The van der Waals surface area contributed by atoms with E-state index in [0.29, 0.717) is 22.2 Å². The van der Waals surface area contributed by atoms with E-state index in [-0.39, 0.29) is 11.9 Å². The molecule has 0 saturated carbocycles. The van der Waals surface area contributed by atoms with E-state index in [9.17, 15) is 4.79 Å². The van der Waals surface area contributed by atoms with Crippen LogP contribution in [0, 0.1) is 0 Å². The van der Waals surface area contributed by atoms with Gasteiger partial charge in [-0.2, -0.15) is 0 Å². The Labute approximate surface area is 105 Å². The highest BCUT2D eigenvalue weighted by atomic mass is 35.5. The Morgan fingerprint density at radius 2 is 2.12 bits per heavy atom. The third-order valence-electron chi connectivity index (χ3n) is 2.29. The molecule has 16 heavy (non-hydrogen) atoms. The van der Waals surface area contributed by atoms with Crippen LogP contribution in [0.4, 0.5) is 0 Å². The minimum atomic E-state index is -0.184. The molecule has 1 rings (SSSR count). The quantitative estimate of drug-likeness (QED) is 0.874. The molecular weight excluding hydrogens is 247 g/mol. The van der Waals surface area contributed by atoms with Gasteiger partial charge in [-0.3, -0.25) is 4.79 Å². The lowest BCUT2D eigenvalue weighted by molar-refractivity contribution is 0.0937. The van der Waals surface area contributed by atoms with Crippen LogP contribution in [-0.2, 0) is 0 Å². The van der Waals surface area contributed by atoms with Crippen molar-refractivity contribution < 1.29 is 4.79 Å². The Balaban J connectivity index is 2.76. The van der Waals surface area contributed by atoms with Crippen LogP contribution in [0.1, 0.15) is 23.7 Å². The van der Waals surface area contributed by atoms with E-state index in [1.165, 1.54) is 0 Å². The molecule has 3 nitrogen and oxygen atoms in total. The molecule has 0 aliphatic carbocycles. The van der Waals surface area contributed by atoms with Gasteiger partial charge in [0.25, 0.3) is 5.91 Å². The first-order valence-corrected chi connectivity index (χ1v) is 5.80. The van der Waals surface area contributed by atoms with Gasteiger partial charge in [0.1, 0.15) is 0 Å². The number of carbonyl (C=O) groups excluding carboxylic acids is 1. The van der Waals surface area contributed by atoms with Crippen molar-refractivity contribution in [3.63, 3.8) is 0 Å². The summed E-state index contributed by atoms with van der Waals surface area (Å²) in [6.07, 6.45) is 0.795. The molecule has 0 bridgehead atoms. The molecule has 1 unspecified atom stereocenters. The maximum absolute atomic E-state index is 11.8. The zero-order valence-electron chi connectivity index (χ0n) is 8.97. The van der Waals surface area contributed by atoms with Crippen molar-refractivity contribution in [3.05, 3.63) is 33.8 Å². The number of amides is 1. The van der Waals surface area contributed by atoms with Gasteiger partial charge in [-0.15, -0.1) is 0 Å². The standard InChI is InChI=1S/C11H14Cl2N2O/c1-2-8(6-14)15-11(16)7-3-4-9(12)10(13)5-7/h3-5,8H,2,6,14H2,1H3,(H,15,16). The van der Waals surface area contributed by atoms with Gasteiger partial charge in [0.2, 0.25) is 0 Å². The van der Waals surface area contributed by atoms with Crippen molar-refractivity contribution in [1.29, 1.82) is 0 Å². The number of halogens is 2. The Hall–Kier alpha value is -0.770. The van der Waals surface area contributed by atoms with Crippen LogP contribution in [0.25, 0.3) is 0 Å². The summed E-state index contributed by atoms with van der Waals surface area (Å²) in [6.45, 7) is 2.39. The highest BCUT2D eigenvalue weighted by molar-refractivity contribution is 6.42. The Morgan fingerprint density at radius 1 is 1.44 bits per heavy atom. The van der Waals surface area contributed by atoms with Gasteiger partial charge in [0.05, 0.1) is 10.0 Å². The summed E-state index contributed by atoms with van der Waals surface area (Å²) in [4.78, 5) is 11.8. The zero-order valence-corrected chi connectivity index (χ0v) is 10.5. The summed E-state index contributed by atoms with van der Waals surface area (Å²) in [7, 11) is 0. The van der Waals surface area contributed by atoms with Gasteiger partial charge in [0.15, 0.2) is 0 Å². The van der Waals surface area contributed by atoms with Gasteiger partial charge < -0.3 is 11.1 Å². The van der Waals surface area contributed by atoms with Gasteiger partial charge in [-0.25, -0.2) is 0 Å². The average molecular weight is 261 g/mol. The Bertz CT molecular complexity index is 378. The molecule has 0 aliphatic heterocycles. The zero-order chi connectivity index (χ0) is 12.1. The van der Waals surface area contributed by atoms with Gasteiger partial charge in [-0.1, -0.05) is 30.1 Å². The third kappa shape index (κ3) is 3.37. The van der Waals surface area contributed by atoms with E-state index in [1.54, 1.807) is 18.2 Å². The second-order valence-corrected chi connectivity index (χ2v) is 4.26. The molecular formula is C11H14Cl2N2O. The highest BCUT2D eigenvalue weighted by Crippen LogP contribution is 2.22. The summed E-state index contributed by atoms with van der Waals surface area (Å²) in [5.74, 6) is -0.184. The lowest BCUT2D eigenvalue weighted by Gasteiger charge is -2.14. The van der Waals surface area contributed by atoms with Gasteiger partial charge in [-0.05, 0) is 24.6 Å². The summed E-state index contributed by atoms with van der Waals surface area (Å²) in [5.41, 5.74) is 5.99. The fourth-order valence-electron chi connectivity index (χ4n) is 1.23. The highest BCUT2D eigenvalue weighted by Gasteiger charge is 2.11. The molecule has 88 valence electrons. The fourth-order valence-corrected chi connectivity index (χ4v) is 1.53. The second kappa shape index (κ2) is 6.09. The van der Waals surface area contributed by atoms with Crippen LogP contribution < -0.4 is 11.1 Å². The minimum absolute atomic E-state index is 0.0121. The molecule has 0 saturated heterocycles. The molecule has 1 aromatic rings. The maximum atomic E-state index is 11.8. The number of benzene rings is 1. The minimum Gasteiger partial charge on any atom is -0.348 e. The predicted octanol–water partition coefficient (Wildman–Crippen LogP) is 2.46. The molecule has 0 fully saturated rings. The van der Waals surface area contributed by atoms with E-state index in [1.807, 2.05) is 6.92 Å². The fraction of sp³-hybridized carbons (Fsp3) is 0.364. The number of nitrogens with two attached hydrogens (primary N) is 1. The van der Waals surface area contributed by atoms with Crippen LogP contribution >= 0.6 is 23.2 Å². The first kappa shape index (κ1) is 13.3. The number of hydrogen-bond donors (Lipinski definition) is 2. The van der Waals surface area contributed by atoms with Gasteiger partial charge >= 0.3 is 0 Å². The SMILES string of the molecule is CCC(CN)NC(=O)c1ccc(Cl)c(Cl)c1. The molecule has 3 N–H and O–H groups in total. The predicted molar refractivity (Wildman–Crippen MR) is 67.1 cm³/mol. The molecule has 5 heteroatoms. The van der Waals surface area contributed by atoms with Crippen LogP contribution in [0.5, 0.6) is 0 Å². The van der Waals surface area contributed by atoms with Crippen LogP contribution in [-0.4, -0.2) is 18.5 Å². The molecule has 1 atom stereocenters. The number of hydrogen-bond acceptors (Lipinski definition) is 2. The molecule has 0 radical (unpaired) electrons. The molecule has 1 amide bonds. The largest absolute Gasteiger partial charge is 0.348 e. The van der Waals surface area contributed by atoms with Crippen molar-refractivity contribution in [1.82, 2.24) is 5.32 Å². The van der Waals surface area contributed by atoms with Gasteiger partial charge in [0, 0.05) is 18.2 Å². The number of rotatable bonds is 4. The smallest absolute Gasteiger partial charge is 0.251 e. The maximum Gasteiger partial charge on any atom is 0.251 e. The summed E-state index contributed by atoms with van der Waals surface area (Å²) >= 11 is 11.6.